The van der Waals surface area contributed by atoms with E-state index in [1.54, 1.807) is 23.1 Å². The molecule has 0 bridgehead atoms. The summed E-state index contributed by atoms with van der Waals surface area (Å²) in [6.07, 6.45) is 12.2. The fourth-order valence-electron chi connectivity index (χ4n) is 4.01. The standard InChI is InChI=1S/C19H19N7/c1-22-16-10-24-26-12-15(21)8-18(26)19(16)14-9-23-25(11-14)17(6-7-20)13-4-2-3-5-13/h8-13,17H,2-6,21H2. The molecule has 1 aliphatic rings. The van der Waals surface area contributed by atoms with Crippen molar-refractivity contribution in [1.82, 2.24) is 19.4 Å². The lowest BCUT2D eigenvalue weighted by Gasteiger charge is -2.21. The molecule has 3 aromatic heterocycles. The SMILES string of the molecule is [C-]#[N+]c1cnn2cc(N)cc2c1-c1cnn(C(CC#N)C2CCCC2)c1. The van der Waals surface area contributed by atoms with Crippen molar-refractivity contribution < 1.29 is 0 Å². The minimum atomic E-state index is 0.0855. The summed E-state index contributed by atoms with van der Waals surface area (Å²) in [5.74, 6) is 0.490. The van der Waals surface area contributed by atoms with E-state index in [0.717, 1.165) is 29.5 Å². The zero-order valence-electron chi connectivity index (χ0n) is 14.3. The monoisotopic (exact) mass is 345 g/mol. The van der Waals surface area contributed by atoms with E-state index in [9.17, 15) is 5.26 Å². The average molecular weight is 345 g/mol. The molecule has 0 spiro atoms. The minimum absolute atomic E-state index is 0.0855. The summed E-state index contributed by atoms with van der Waals surface area (Å²) in [6.45, 7) is 7.48. The summed E-state index contributed by atoms with van der Waals surface area (Å²) in [7, 11) is 0. The molecule has 0 saturated heterocycles. The number of nitrogens with zero attached hydrogens (tertiary/aromatic N) is 6. The highest BCUT2D eigenvalue weighted by atomic mass is 15.3. The first-order valence-electron chi connectivity index (χ1n) is 8.77. The van der Waals surface area contributed by atoms with Gasteiger partial charge in [0.2, 0.25) is 5.69 Å². The van der Waals surface area contributed by atoms with Gasteiger partial charge in [0.25, 0.3) is 0 Å². The van der Waals surface area contributed by atoms with Crippen LogP contribution in [0.5, 0.6) is 0 Å². The van der Waals surface area contributed by atoms with Gasteiger partial charge in [-0.1, -0.05) is 12.8 Å². The molecule has 1 aliphatic carbocycles. The molecule has 4 rings (SSSR count). The molecule has 130 valence electrons. The zero-order chi connectivity index (χ0) is 18.1. The van der Waals surface area contributed by atoms with E-state index in [2.05, 4.69) is 21.1 Å². The van der Waals surface area contributed by atoms with Crippen LogP contribution in [0.4, 0.5) is 11.4 Å². The number of hydrogen-bond donors (Lipinski definition) is 1. The third-order valence-electron chi connectivity index (χ3n) is 5.23. The lowest BCUT2D eigenvalue weighted by Crippen LogP contribution is -2.17. The molecule has 1 unspecified atom stereocenters. The Balaban J connectivity index is 1.80. The Morgan fingerprint density at radius 2 is 2.12 bits per heavy atom. The molecule has 0 radical (unpaired) electrons. The van der Waals surface area contributed by atoms with Crippen molar-refractivity contribution in [3.8, 4) is 17.2 Å². The molecule has 1 saturated carbocycles. The quantitative estimate of drug-likeness (QED) is 0.724. The molecule has 7 nitrogen and oxygen atoms in total. The number of nitriles is 1. The van der Waals surface area contributed by atoms with Gasteiger partial charge in [-0.05, 0) is 24.8 Å². The van der Waals surface area contributed by atoms with Crippen molar-refractivity contribution in [2.24, 2.45) is 5.92 Å². The Hall–Kier alpha value is -3.32. The van der Waals surface area contributed by atoms with Crippen molar-refractivity contribution in [3.05, 3.63) is 42.3 Å². The molecule has 3 aromatic rings. The number of aromatic nitrogens is 4. The predicted molar refractivity (Wildman–Crippen MR) is 98.3 cm³/mol. The van der Waals surface area contributed by atoms with Gasteiger partial charge in [-0.2, -0.15) is 15.5 Å². The van der Waals surface area contributed by atoms with Crippen molar-refractivity contribution in [3.63, 3.8) is 0 Å². The van der Waals surface area contributed by atoms with Crippen molar-refractivity contribution >= 4 is 16.9 Å². The van der Waals surface area contributed by atoms with Crippen LogP contribution in [0.3, 0.4) is 0 Å². The van der Waals surface area contributed by atoms with Crippen LogP contribution in [0, 0.1) is 23.8 Å². The highest BCUT2D eigenvalue weighted by molar-refractivity contribution is 5.91. The van der Waals surface area contributed by atoms with E-state index >= 15 is 0 Å². The van der Waals surface area contributed by atoms with Crippen LogP contribution in [-0.2, 0) is 0 Å². The second-order valence-corrected chi connectivity index (χ2v) is 6.80. The topological polar surface area (TPSA) is 89.3 Å². The van der Waals surface area contributed by atoms with Gasteiger partial charge in [-0.3, -0.25) is 4.68 Å². The maximum absolute atomic E-state index is 9.25. The van der Waals surface area contributed by atoms with Crippen LogP contribution in [0.15, 0.2) is 30.9 Å². The molecule has 7 heteroatoms. The van der Waals surface area contributed by atoms with Crippen molar-refractivity contribution in [1.29, 1.82) is 5.26 Å². The number of nitrogens with two attached hydrogens (primary N) is 1. The average Bonchev–Trinajstić information content (AvgIpc) is 3.38. The first kappa shape index (κ1) is 16.2. The highest BCUT2D eigenvalue weighted by Gasteiger charge is 2.27. The highest BCUT2D eigenvalue weighted by Crippen LogP contribution is 2.38. The third kappa shape index (κ3) is 2.68. The lowest BCUT2D eigenvalue weighted by molar-refractivity contribution is 0.315. The molecule has 1 atom stereocenters. The number of rotatable bonds is 4. The van der Waals surface area contributed by atoms with Crippen LogP contribution in [0.1, 0.15) is 38.1 Å². The molecule has 1 fully saturated rings. The number of fused-ring (bicyclic) bond motifs is 1. The predicted octanol–water partition coefficient (Wildman–Crippen LogP) is 3.98. The second kappa shape index (κ2) is 6.53. The van der Waals surface area contributed by atoms with Crippen LogP contribution in [0.2, 0.25) is 0 Å². The fourth-order valence-corrected chi connectivity index (χ4v) is 4.01. The Kier molecular flexibility index (Phi) is 4.06. The molecule has 3 heterocycles. The van der Waals surface area contributed by atoms with Gasteiger partial charge in [-0.15, -0.1) is 0 Å². The summed E-state index contributed by atoms with van der Waals surface area (Å²) >= 11 is 0. The molecule has 0 amide bonds. The van der Waals surface area contributed by atoms with Crippen molar-refractivity contribution in [2.45, 2.75) is 38.1 Å². The van der Waals surface area contributed by atoms with Crippen molar-refractivity contribution in [2.75, 3.05) is 5.73 Å². The largest absolute Gasteiger partial charge is 0.397 e. The van der Waals surface area contributed by atoms with E-state index in [1.807, 2.05) is 16.9 Å². The van der Waals surface area contributed by atoms with E-state index in [0.29, 0.717) is 23.7 Å². The first-order valence-corrected chi connectivity index (χ1v) is 8.77. The summed E-state index contributed by atoms with van der Waals surface area (Å²) in [4.78, 5) is 3.62. The second-order valence-electron chi connectivity index (χ2n) is 6.80. The van der Waals surface area contributed by atoms with Crippen LogP contribution in [0.25, 0.3) is 21.5 Å². The van der Waals surface area contributed by atoms with Gasteiger partial charge >= 0.3 is 0 Å². The van der Waals surface area contributed by atoms with Gasteiger partial charge in [0.05, 0.1) is 54.9 Å². The van der Waals surface area contributed by atoms with Gasteiger partial charge < -0.3 is 5.73 Å². The molecule has 0 aliphatic heterocycles. The summed E-state index contributed by atoms with van der Waals surface area (Å²) in [5, 5.41) is 18.0. The van der Waals surface area contributed by atoms with Gasteiger partial charge in [0.15, 0.2) is 0 Å². The Labute approximate surface area is 151 Å². The zero-order valence-corrected chi connectivity index (χ0v) is 14.3. The van der Waals surface area contributed by atoms with Gasteiger partial charge in [0, 0.05) is 17.3 Å². The maximum atomic E-state index is 9.25. The normalized spacial score (nSPS) is 15.8. The summed E-state index contributed by atoms with van der Waals surface area (Å²) in [6, 6.07) is 4.21. The van der Waals surface area contributed by atoms with E-state index < -0.39 is 0 Å². The van der Waals surface area contributed by atoms with E-state index in [4.69, 9.17) is 12.3 Å². The lowest BCUT2D eigenvalue weighted by atomic mass is 9.96. The summed E-state index contributed by atoms with van der Waals surface area (Å²) in [5.41, 5.74) is 9.39. The molecule has 2 N–H and O–H groups in total. The van der Waals surface area contributed by atoms with Crippen LogP contribution in [-0.4, -0.2) is 19.4 Å². The first-order chi connectivity index (χ1) is 12.7. The molecular weight excluding hydrogens is 326 g/mol. The van der Waals surface area contributed by atoms with Gasteiger partial charge in [0.1, 0.15) is 0 Å². The van der Waals surface area contributed by atoms with E-state index in [-0.39, 0.29) is 6.04 Å². The molecule has 0 aromatic carbocycles. The minimum Gasteiger partial charge on any atom is -0.397 e. The summed E-state index contributed by atoms with van der Waals surface area (Å²) < 4.78 is 3.59. The maximum Gasteiger partial charge on any atom is 0.216 e. The fraction of sp³-hybridized carbons (Fsp3) is 0.368. The Bertz CT molecular complexity index is 1020. The van der Waals surface area contributed by atoms with Crippen LogP contribution < -0.4 is 5.73 Å². The molecule has 26 heavy (non-hydrogen) atoms. The number of nitrogen functional groups attached to an aromatic ring is 1. The Morgan fingerprint density at radius 1 is 1.31 bits per heavy atom. The third-order valence-corrected chi connectivity index (χ3v) is 5.23. The van der Waals surface area contributed by atoms with E-state index in [1.165, 1.54) is 12.8 Å². The van der Waals surface area contributed by atoms with Gasteiger partial charge in [-0.25, -0.2) is 9.36 Å². The molecular formula is C19H19N7. The smallest absolute Gasteiger partial charge is 0.216 e. The number of hydrogen-bond acceptors (Lipinski definition) is 4. The number of anilines is 1. The van der Waals surface area contributed by atoms with Crippen LogP contribution >= 0.6 is 0 Å². The Morgan fingerprint density at radius 3 is 2.85 bits per heavy atom.